The molecule has 0 spiro atoms. The first-order valence-electron chi connectivity index (χ1n) is 12.4. The molecule has 1 aliphatic carbocycles. The summed E-state index contributed by atoms with van der Waals surface area (Å²) in [5.41, 5.74) is 0.422. The van der Waals surface area contributed by atoms with Crippen molar-refractivity contribution in [1.29, 1.82) is 0 Å². The fraction of sp³-hybridized carbons (Fsp3) is 0.480. The zero-order valence-corrected chi connectivity index (χ0v) is 20.4. The van der Waals surface area contributed by atoms with Crippen LogP contribution in [0.15, 0.2) is 29.2 Å². The minimum absolute atomic E-state index is 0.0326. The molecule has 2 aliphatic heterocycles. The summed E-state index contributed by atoms with van der Waals surface area (Å²) >= 11 is 0. The van der Waals surface area contributed by atoms with E-state index in [1.807, 2.05) is 0 Å². The minimum atomic E-state index is -3.18. The number of halogens is 5. The van der Waals surface area contributed by atoms with Gasteiger partial charge in [0.15, 0.2) is 18.2 Å². The van der Waals surface area contributed by atoms with E-state index in [1.165, 1.54) is 16.5 Å². The van der Waals surface area contributed by atoms with Gasteiger partial charge in [-0.15, -0.1) is 0 Å². The molecule has 1 aromatic carbocycles. The number of nitrogens with one attached hydrogen (secondary N) is 2. The fourth-order valence-electron chi connectivity index (χ4n) is 5.08. The number of pyridine rings is 1. The van der Waals surface area contributed by atoms with E-state index in [2.05, 4.69) is 20.6 Å². The molecule has 3 aliphatic rings. The summed E-state index contributed by atoms with van der Waals surface area (Å²) in [6.45, 7) is -0.983. The monoisotopic (exact) mass is 536 g/mol. The predicted molar refractivity (Wildman–Crippen MR) is 132 cm³/mol. The van der Waals surface area contributed by atoms with E-state index >= 15 is 0 Å². The van der Waals surface area contributed by atoms with Crippen LogP contribution in [0.3, 0.4) is 0 Å². The molecule has 0 amide bonds. The number of nitrogens with zero attached hydrogens (tertiary/aromatic N) is 4. The number of hydrogen-bond acceptors (Lipinski definition) is 7. The highest BCUT2D eigenvalue weighted by molar-refractivity contribution is 5.97. The number of ether oxygens (including phenoxy) is 1. The molecule has 0 radical (unpaired) electrons. The summed E-state index contributed by atoms with van der Waals surface area (Å²) < 4.78 is 78.5. The number of aromatic nitrogens is 3. The number of fused-ring (bicyclic) bond motifs is 3. The van der Waals surface area contributed by atoms with E-state index in [9.17, 15) is 26.7 Å². The van der Waals surface area contributed by atoms with E-state index in [-0.39, 0.29) is 48.6 Å². The highest BCUT2D eigenvalue weighted by Gasteiger charge is 2.51. The summed E-state index contributed by atoms with van der Waals surface area (Å²) in [7, 11) is 1.51. The normalized spacial score (nSPS) is 24.8. The van der Waals surface area contributed by atoms with Crippen LogP contribution in [0, 0.1) is 11.7 Å². The third-order valence-corrected chi connectivity index (χ3v) is 7.35. The molecular formula is C25H25F5N6O2. The number of anilines is 4. The Morgan fingerprint density at radius 2 is 1.97 bits per heavy atom. The molecule has 1 saturated heterocycles. The Bertz CT molecular complexity index is 1460. The maximum Gasteiger partial charge on any atom is 0.301 e. The van der Waals surface area contributed by atoms with Crippen molar-refractivity contribution in [3.05, 3.63) is 40.6 Å². The van der Waals surface area contributed by atoms with Gasteiger partial charge in [-0.05, 0) is 43.4 Å². The van der Waals surface area contributed by atoms with Gasteiger partial charge in [-0.25, -0.2) is 26.9 Å². The second-order valence-corrected chi connectivity index (χ2v) is 10.1. The Kier molecular flexibility index (Phi) is 5.84. The minimum Gasteiger partial charge on any atom is -0.480 e. The van der Waals surface area contributed by atoms with Gasteiger partial charge in [-0.2, -0.15) is 4.98 Å². The second kappa shape index (κ2) is 8.98. The predicted octanol–water partition coefficient (Wildman–Crippen LogP) is 4.32. The highest BCUT2D eigenvalue weighted by Crippen LogP contribution is 2.45. The van der Waals surface area contributed by atoms with Crippen LogP contribution in [0.2, 0.25) is 0 Å². The van der Waals surface area contributed by atoms with Crippen LogP contribution in [0.1, 0.15) is 19.3 Å². The zero-order chi connectivity index (χ0) is 26.8. The van der Waals surface area contributed by atoms with Gasteiger partial charge >= 0.3 is 5.92 Å². The molecule has 3 aromatic rings. The number of rotatable bonds is 4. The molecule has 1 saturated carbocycles. The molecule has 8 nitrogen and oxygen atoms in total. The first-order valence-corrected chi connectivity index (χ1v) is 12.4. The summed E-state index contributed by atoms with van der Waals surface area (Å²) in [4.78, 5) is 22.5. The van der Waals surface area contributed by atoms with Gasteiger partial charge < -0.3 is 24.8 Å². The van der Waals surface area contributed by atoms with Gasteiger partial charge in [0, 0.05) is 24.7 Å². The van der Waals surface area contributed by atoms with Gasteiger partial charge in [0.05, 0.1) is 30.0 Å². The lowest BCUT2D eigenvalue weighted by atomic mass is 10.0. The Hall–Kier alpha value is -3.64. The average molecular weight is 537 g/mol. The Balaban J connectivity index is 1.37. The number of alkyl halides is 4. The van der Waals surface area contributed by atoms with Crippen LogP contribution in [-0.4, -0.2) is 58.5 Å². The average Bonchev–Trinajstić information content (AvgIpc) is 3.73. The van der Waals surface area contributed by atoms with E-state index in [4.69, 9.17) is 4.74 Å². The van der Waals surface area contributed by atoms with Gasteiger partial charge in [-0.3, -0.25) is 4.79 Å². The van der Waals surface area contributed by atoms with Crippen molar-refractivity contribution in [3.8, 4) is 5.75 Å². The van der Waals surface area contributed by atoms with Crippen molar-refractivity contribution < 1.29 is 26.7 Å². The second-order valence-electron chi connectivity index (χ2n) is 10.1. The SMILES string of the molecule is Cn1c(=O)c2c(c3cc(Nc4nc(N5CC[C@H](F)[C@H](F)C5)ncc4F)ccc31)N[C@@H](C1CC1)C(F)(F)CO2. The fourth-order valence-corrected chi connectivity index (χ4v) is 5.08. The van der Waals surface area contributed by atoms with Crippen molar-refractivity contribution in [2.24, 2.45) is 13.0 Å². The molecule has 13 heteroatoms. The van der Waals surface area contributed by atoms with Crippen LogP contribution < -0.4 is 25.8 Å². The maximum atomic E-state index is 14.9. The number of piperidine rings is 1. The van der Waals surface area contributed by atoms with E-state index in [0.29, 0.717) is 29.4 Å². The molecule has 6 rings (SSSR count). The zero-order valence-electron chi connectivity index (χ0n) is 20.4. The van der Waals surface area contributed by atoms with Crippen molar-refractivity contribution in [2.75, 3.05) is 35.2 Å². The lowest BCUT2D eigenvalue weighted by molar-refractivity contribution is -0.0579. The first-order chi connectivity index (χ1) is 18.1. The molecule has 0 bridgehead atoms. The molecule has 2 aromatic heterocycles. The lowest BCUT2D eigenvalue weighted by Crippen LogP contribution is -2.44. The van der Waals surface area contributed by atoms with Gasteiger partial charge in [0.25, 0.3) is 5.56 Å². The van der Waals surface area contributed by atoms with Crippen LogP contribution in [0.4, 0.5) is 45.1 Å². The summed E-state index contributed by atoms with van der Waals surface area (Å²) in [6.07, 6.45) is -1.05. The molecule has 3 atom stereocenters. The standard InChI is InChI=1S/C25H25F5N6O2/c1-35-18-5-4-13(32-22-16(27)9-31-24(34-22)36-7-6-15(26)17(28)10-36)8-14(18)19-20(23(35)37)38-11-25(29,30)21(33-19)12-2-3-12/h4-5,8-9,12,15,17,21,33H,2-3,6-7,10-11H2,1H3,(H,31,32,34)/t15-,17+,21-/m0/s1. The molecule has 38 heavy (non-hydrogen) atoms. The number of hydrogen-bond donors (Lipinski definition) is 2. The smallest absolute Gasteiger partial charge is 0.301 e. The maximum absolute atomic E-state index is 14.9. The van der Waals surface area contributed by atoms with Crippen LogP contribution >= 0.6 is 0 Å². The van der Waals surface area contributed by atoms with Gasteiger partial charge in [0.2, 0.25) is 11.7 Å². The molecular weight excluding hydrogens is 511 g/mol. The molecule has 0 unspecified atom stereocenters. The summed E-state index contributed by atoms with van der Waals surface area (Å²) in [6, 6.07) is 3.60. The van der Waals surface area contributed by atoms with Crippen LogP contribution in [0.25, 0.3) is 10.9 Å². The third-order valence-electron chi connectivity index (χ3n) is 7.35. The van der Waals surface area contributed by atoms with Crippen molar-refractivity contribution >= 4 is 34.0 Å². The van der Waals surface area contributed by atoms with Crippen LogP contribution in [-0.2, 0) is 7.05 Å². The summed E-state index contributed by atoms with van der Waals surface area (Å²) in [5.74, 6) is -4.55. The van der Waals surface area contributed by atoms with E-state index < -0.39 is 42.3 Å². The van der Waals surface area contributed by atoms with E-state index in [0.717, 1.165) is 6.20 Å². The van der Waals surface area contributed by atoms with Crippen LogP contribution in [0.5, 0.6) is 5.75 Å². The Morgan fingerprint density at radius 1 is 1.18 bits per heavy atom. The van der Waals surface area contributed by atoms with Gasteiger partial charge in [0.1, 0.15) is 12.3 Å². The highest BCUT2D eigenvalue weighted by atomic mass is 19.3. The lowest BCUT2D eigenvalue weighted by Gasteiger charge is -2.31. The van der Waals surface area contributed by atoms with E-state index in [1.54, 1.807) is 18.2 Å². The molecule has 4 heterocycles. The molecule has 2 N–H and O–H groups in total. The van der Waals surface area contributed by atoms with Crippen molar-refractivity contribution in [2.45, 2.75) is 43.6 Å². The van der Waals surface area contributed by atoms with Gasteiger partial charge in [-0.1, -0.05) is 0 Å². The Labute approximate surface area is 213 Å². The van der Waals surface area contributed by atoms with Crippen molar-refractivity contribution in [1.82, 2.24) is 14.5 Å². The quantitative estimate of drug-likeness (QED) is 0.481. The Morgan fingerprint density at radius 3 is 2.71 bits per heavy atom. The number of aryl methyl sites for hydroxylation is 1. The number of benzene rings is 1. The largest absolute Gasteiger partial charge is 0.480 e. The first kappa shape index (κ1) is 24.7. The topological polar surface area (TPSA) is 84.3 Å². The summed E-state index contributed by atoms with van der Waals surface area (Å²) in [5, 5.41) is 6.18. The molecule has 202 valence electrons. The van der Waals surface area contributed by atoms with Crippen molar-refractivity contribution in [3.63, 3.8) is 0 Å². The molecule has 2 fully saturated rings. The third kappa shape index (κ3) is 4.27.